The van der Waals surface area contributed by atoms with Crippen molar-refractivity contribution in [3.05, 3.63) is 34.9 Å². The Morgan fingerprint density at radius 2 is 2.21 bits per heavy atom. The highest BCUT2D eigenvalue weighted by Crippen LogP contribution is 2.21. The molecule has 1 aromatic rings. The predicted molar refractivity (Wildman–Crippen MR) is 62.4 cm³/mol. The third-order valence-corrected chi connectivity index (χ3v) is 3.42. The van der Waals surface area contributed by atoms with Crippen LogP contribution in [0.1, 0.15) is 12.5 Å². The van der Waals surface area contributed by atoms with E-state index in [1.807, 2.05) is 31.2 Å². The molecule has 0 saturated carbocycles. The van der Waals surface area contributed by atoms with Gasteiger partial charge in [0.05, 0.1) is 12.0 Å². The van der Waals surface area contributed by atoms with Gasteiger partial charge >= 0.3 is 0 Å². The highest BCUT2D eigenvalue weighted by molar-refractivity contribution is 7.98. The molecule has 0 aliphatic rings. The number of hydrogen-bond acceptors (Lipinski definition) is 2. The predicted octanol–water partition coefficient (Wildman–Crippen LogP) is 3.73. The first kappa shape index (κ1) is 11.4. The van der Waals surface area contributed by atoms with E-state index in [0.29, 0.717) is 0 Å². The first-order valence-corrected chi connectivity index (χ1v) is 5.98. The zero-order valence-electron chi connectivity index (χ0n) is 8.03. The summed E-state index contributed by atoms with van der Waals surface area (Å²) in [6, 6.07) is 10.0. The summed E-state index contributed by atoms with van der Waals surface area (Å²) in [7, 11) is 0. The van der Waals surface area contributed by atoms with Gasteiger partial charge in [-0.05, 0) is 18.6 Å². The van der Waals surface area contributed by atoms with Crippen molar-refractivity contribution in [2.75, 3.05) is 5.75 Å². The number of thioether (sulfide) groups is 1. The summed E-state index contributed by atoms with van der Waals surface area (Å²) in [6.45, 7) is 1.93. The summed E-state index contributed by atoms with van der Waals surface area (Å²) in [6.07, 6.45) is 0. The lowest BCUT2D eigenvalue weighted by atomic mass is 10.2. The van der Waals surface area contributed by atoms with Gasteiger partial charge in [-0.1, -0.05) is 29.8 Å². The van der Waals surface area contributed by atoms with Gasteiger partial charge in [-0.2, -0.15) is 17.0 Å². The van der Waals surface area contributed by atoms with Gasteiger partial charge in [-0.25, -0.2) is 0 Å². The molecule has 0 fully saturated rings. The van der Waals surface area contributed by atoms with E-state index in [1.165, 1.54) is 0 Å². The number of benzene rings is 1. The van der Waals surface area contributed by atoms with E-state index in [4.69, 9.17) is 16.9 Å². The normalized spacial score (nSPS) is 12.1. The van der Waals surface area contributed by atoms with Crippen LogP contribution >= 0.6 is 23.4 Å². The zero-order valence-corrected chi connectivity index (χ0v) is 9.61. The number of hydrogen-bond donors (Lipinski definition) is 0. The number of nitriles is 1. The molecule has 74 valence electrons. The molecule has 0 radical (unpaired) electrons. The van der Waals surface area contributed by atoms with E-state index >= 15 is 0 Å². The lowest BCUT2D eigenvalue weighted by molar-refractivity contribution is 0.864. The summed E-state index contributed by atoms with van der Waals surface area (Å²) < 4.78 is 0. The van der Waals surface area contributed by atoms with Crippen LogP contribution in [0.4, 0.5) is 0 Å². The SMILES string of the molecule is CC(C#N)CSCc1ccccc1Cl. The van der Waals surface area contributed by atoms with Gasteiger partial charge < -0.3 is 0 Å². The molecule has 0 spiro atoms. The van der Waals surface area contributed by atoms with Crippen molar-refractivity contribution in [1.82, 2.24) is 0 Å². The third-order valence-electron chi connectivity index (χ3n) is 1.80. The Hall–Kier alpha value is -0.650. The van der Waals surface area contributed by atoms with E-state index in [0.717, 1.165) is 22.1 Å². The summed E-state index contributed by atoms with van der Waals surface area (Å²) >= 11 is 7.74. The quantitative estimate of drug-likeness (QED) is 0.780. The van der Waals surface area contributed by atoms with Crippen molar-refractivity contribution < 1.29 is 0 Å². The third kappa shape index (κ3) is 3.61. The van der Waals surface area contributed by atoms with Gasteiger partial charge in [-0.15, -0.1) is 0 Å². The van der Waals surface area contributed by atoms with Gasteiger partial charge in [0.2, 0.25) is 0 Å². The van der Waals surface area contributed by atoms with E-state index in [1.54, 1.807) is 11.8 Å². The summed E-state index contributed by atoms with van der Waals surface area (Å²) in [5.41, 5.74) is 1.14. The van der Waals surface area contributed by atoms with E-state index in [9.17, 15) is 0 Å². The smallest absolute Gasteiger partial charge is 0.0661 e. The maximum absolute atomic E-state index is 8.60. The van der Waals surface area contributed by atoms with Crippen LogP contribution in [0.5, 0.6) is 0 Å². The average Bonchev–Trinajstić information content (AvgIpc) is 2.20. The maximum Gasteiger partial charge on any atom is 0.0661 e. The van der Waals surface area contributed by atoms with Crippen LogP contribution in [-0.4, -0.2) is 5.75 Å². The number of halogens is 1. The van der Waals surface area contributed by atoms with Gasteiger partial charge in [0.25, 0.3) is 0 Å². The van der Waals surface area contributed by atoms with Crippen molar-refractivity contribution in [3.63, 3.8) is 0 Å². The van der Waals surface area contributed by atoms with Crippen molar-refractivity contribution >= 4 is 23.4 Å². The van der Waals surface area contributed by atoms with Crippen molar-refractivity contribution in [3.8, 4) is 6.07 Å². The molecule has 1 nitrogen and oxygen atoms in total. The fourth-order valence-electron chi connectivity index (χ4n) is 0.998. The van der Waals surface area contributed by atoms with Gasteiger partial charge in [0.1, 0.15) is 0 Å². The molecule has 0 saturated heterocycles. The van der Waals surface area contributed by atoms with Crippen molar-refractivity contribution in [2.45, 2.75) is 12.7 Å². The van der Waals surface area contributed by atoms with Crippen molar-refractivity contribution in [2.24, 2.45) is 5.92 Å². The molecular formula is C11H12ClNS. The van der Waals surface area contributed by atoms with Gasteiger partial charge in [-0.3, -0.25) is 0 Å². The Kier molecular flexibility index (Phi) is 4.86. The molecule has 1 rings (SSSR count). The summed E-state index contributed by atoms with van der Waals surface area (Å²) in [5.74, 6) is 1.86. The highest BCUT2D eigenvalue weighted by atomic mass is 35.5. The van der Waals surface area contributed by atoms with E-state index in [-0.39, 0.29) is 5.92 Å². The lowest BCUT2D eigenvalue weighted by Crippen LogP contribution is -1.94. The average molecular weight is 226 g/mol. The molecule has 1 unspecified atom stereocenters. The highest BCUT2D eigenvalue weighted by Gasteiger charge is 2.02. The fraction of sp³-hybridized carbons (Fsp3) is 0.364. The molecule has 1 atom stereocenters. The molecular weight excluding hydrogens is 214 g/mol. The Labute approximate surface area is 94.1 Å². The Bertz CT molecular complexity index is 332. The van der Waals surface area contributed by atoms with Crippen LogP contribution in [-0.2, 0) is 5.75 Å². The van der Waals surface area contributed by atoms with Crippen LogP contribution in [0, 0.1) is 17.2 Å². The standard InChI is InChI=1S/C11H12ClNS/c1-9(6-13)7-14-8-10-4-2-3-5-11(10)12/h2-5,9H,7-8H2,1H3. The number of nitrogens with zero attached hydrogens (tertiary/aromatic N) is 1. The van der Waals surface area contributed by atoms with Crippen molar-refractivity contribution in [1.29, 1.82) is 5.26 Å². The minimum atomic E-state index is 0.113. The molecule has 0 N–H and O–H groups in total. The molecule has 0 amide bonds. The fourth-order valence-corrected chi connectivity index (χ4v) is 2.30. The largest absolute Gasteiger partial charge is 0.198 e. The lowest BCUT2D eigenvalue weighted by Gasteiger charge is -2.04. The Morgan fingerprint density at radius 3 is 2.86 bits per heavy atom. The first-order chi connectivity index (χ1) is 6.74. The maximum atomic E-state index is 8.60. The second-order valence-electron chi connectivity index (χ2n) is 3.14. The van der Waals surface area contributed by atoms with Gasteiger partial charge in [0.15, 0.2) is 0 Å². The molecule has 0 aliphatic carbocycles. The van der Waals surface area contributed by atoms with Crippen LogP contribution in [0.15, 0.2) is 24.3 Å². The summed E-state index contributed by atoms with van der Waals surface area (Å²) in [4.78, 5) is 0. The molecule has 3 heteroatoms. The second-order valence-corrected chi connectivity index (χ2v) is 4.57. The van der Waals surface area contributed by atoms with Gasteiger partial charge in [0, 0.05) is 16.5 Å². The minimum absolute atomic E-state index is 0.113. The Morgan fingerprint density at radius 1 is 1.50 bits per heavy atom. The molecule has 0 aliphatic heterocycles. The van der Waals surface area contributed by atoms with E-state index in [2.05, 4.69) is 6.07 Å². The molecule has 14 heavy (non-hydrogen) atoms. The summed E-state index contributed by atoms with van der Waals surface area (Å²) in [5, 5.41) is 9.41. The van der Waals surface area contributed by atoms with Crippen LogP contribution < -0.4 is 0 Å². The molecule has 0 heterocycles. The molecule has 1 aromatic carbocycles. The Balaban J connectivity index is 2.40. The van der Waals surface area contributed by atoms with Crippen LogP contribution in [0.25, 0.3) is 0 Å². The molecule has 0 bridgehead atoms. The van der Waals surface area contributed by atoms with Crippen LogP contribution in [0.3, 0.4) is 0 Å². The topological polar surface area (TPSA) is 23.8 Å². The minimum Gasteiger partial charge on any atom is -0.198 e. The monoisotopic (exact) mass is 225 g/mol. The van der Waals surface area contributed by atoms with Crippen LogP contribution in [0.2, 0.25) is 5.02 Å². The molecule has 0 aromatic heterocycles. The first-order valence-electron chi connectivity index (χ1n) is 4.45. The second kappa shape index (κ2) is 5.95. The zero-order chi connectivity index (χ0) is 10.4. The van der Waals surface area contributed by atoms with E-state index < -0.39 is 0 Å². The number of rotatable bonds is 4.